The molecule has 1 aliphatic carbocycles. The van der Waals surface area contributed by atoms with E-state index in [1.807, 2.05) is 0 Å². The highest BCUT2D eigenvalue weighted by atomic mass is 16.2. The van der Waals surface area contributed by atoms with E-state index in [2.05, 4.69) is 22.9 Å². The fourth-order valence-electron chi connectivity index (χ4n) is 2.35. The molecule has 0 bridgehead atoms. The number of amides is 2. The lowest BCUT2D eigenvalue weighted by atomic mass is 9.95. The maximum atomic E-state index is 11.9. The second-order valence-corrected chi connectivity index (χ2v) is 5.82. The van der Waals surface area contributed by atoms with Crippen molar-refractivity contribution in [2.45, 2.75) is 57.5 Å². The van der Waals surface area contributed by atoms with Gasteiger partial charge in [0, 0.05) is 31.6 Å². The fraction of sp³-hybridized carbons (Fsp3) is 0.857. The average Bonchev–Trinajstić information content (AvgIpc) is 3.19. The van der Waals surface area contributed by atoms with Gasteiger partial charge < -0.3 is 16.0 Å². The molecule has 1 aliphatic heterocycles. The van der Waals surface area contributed by atoms with Crippen molar-refractivity contribution in [3.63, 3.8) is 0 Å². The van der Waals surface area contributed by atoms with E-state index < -0.39 is 0 Å². The van der Waals surface area contributed by atoms with Crippen molar-refractivity contribution < 1.29 is 9.59 Å². The van der Waals surface area contributed by atoms with Crippen LogP contribution in [0.1, 0.15) is 45.4 Å². The largest absolute Gasteiger partial charge is 0.356 e. The van der Waals surface area contributed by atoms with E-state index in [-0.39, 0.29) is 17.7 Å². The van der Waals surface area contributed by atoms with E-state index in [1.165, 1.54) is 0 Å². The van der Waals surface area contributed by atoms with Crippen LogP contribution in [0.3, 0.4) is 0 Å². The minimum Gasteiger partial charge on any atom is -0.356 e. The molecule has 0 aromatic carbocycles. The van der Waals surface area contributed by atoms with Crippen LogP contribution in [-0.4, -0.2) is 37.0 Å². The molecule has 0 radical (unpaired) electrons. The SMILES string of the molecule is CC1CCC(C(=O)NCCCC(=O)NC2CC2)CN1. The smallest absolute Gasteiger partial charge is 0.224 e. The molecule has 0 aromatic heterocycles. The molecule has 5 heteroatoms. The third kappa shape index (κ3) is 5.19. The summed E-state index contributed by atoms with van der Waals surface area (Å²) in [6.45, 7) is 3.52. The van der Waals surface area contributed by atoms with Gasteiger partial charge in [0.1, 0.15) is 0 Å². The van der Waals surface area contributed by atoms with Crippen LogP contribution >= 0.6 is 0 Å². The lowest BCUT2D eigenvalue weighted by Gasteiger charge is -2.26. The molecule has 2 amide bonds. The normalized spacial score (nSPS) is 26.8. The van der Waals surface area contributed by atoms with Crippen molar-refractivity contribution in [2.75, 3.05) is 13.1 Å². The van der Waals surface area contributed by atoms with Crippen LogP contribution in [0.4, 0.5) is 0 Å². The van der Waals surface area contributed by atoms with Crippen LogP contribution in [0.5, 0.6) is 0 Å². The second-order valence-electron chi connectivity index (χ2n) is 5.82. The maximum absolute atomic E-state index is 11.9. The van der Waals surface area contributed by atoms with Crippen LogP contribution < -0.4 is 16.0 Å². The van der Waals surface area contributed by atoms with Crippen molar-refractivity contribution in [3.8, 4) is 0 Å². The molecule has 0 aromatic rings. The predicted molar refractivity (Wildman–Crippen MR) is 73.6 cm³/mol. The lowest BCUT2D eigenvalue weighted by Crippen LogP contribution is -2.44. The first-order valence-corrected chi connectivity index (χ1v) is 7.45. The number of hydrogen-bond donors (Lipinski definition) is 3. The average molecular weight is 267 g/mol. The van der Waals surface area contributed by atoms with Gasteiger partial charge in [0.15, 0.2) is 0 Å². The van der Waals surface area contributed by atoms with Crippen molar-refractivity contribution in [2.24, 2.45) is 5.92 Å². The first-order chi connectivity index (χ1) is 9.15. The molecular weight excluding hydrogens is 242 g/mol. The minimum atomic E-state index is 0.0940. The van der Waals surface area contributed by atoms with Gasteiger partial charge in [-0.1, -0.05) is 0 Å². The van der Waals surface area contributed by atoms with Crippen LogP contribution in [0.25, 0.3) is 0 Å². The van der Waals surface area contributed by atoms with E-state index in [1.54, 1.807) is 0 Å². The van der Waals surface area contributed by atoms with E-state index in [4.69, 9.17) is 0 Å². The molecular formula is C14H25N3O2. The Balaban J connectivity index is 1.52. The molecule has 1 heterocycles. The Bertz CT molecular complexity index is 321. The Morgan fingerprint density at radius 1 is 1.21 bits per heavy atom. The predicted octanol–water partition coefficient (Wildman–Crippen LogP) is 0.550. The first kappa shape index (κ1) is 14.3. The first-order valence-electron chi connectivity index (χ1n) is 7.45. The van der Waals surface area contributed by atoms with E-state index in [0.717, 1.165) is 38.6 Å². The van der Waals surface area contributed by atoms with Crippen LogP contribution in [0.15, 0.2) is 0 Å². The molecule has 1 saturated heterocycles. The molecule has 0 spiro atoms. The van der Waals surface area contributed by atoms with Gasteiger partial charge in [-0.25, -0.2) is 0 Å². The monoisotopic (exact) mass is 267 g/mol. The summed E-state index contributed by atoms with van der Waals surface area (Å²) in [7, 11) is 0. The summed E-state index contributed by atoms with van der Waals surface area (Å²) in [5, 5.41) is 9.21. The number of piperidine rings is 1. The summed E-state index contributed by atoms with van der Waals surface area (Å²) < 4.78 is 0. The zero-order valence-corrected chi connectivity index (χ0v) is 11.7. The maximum Gasteiger partial charge on any atom is 0.224 e. The number of carbonyl (C=O) groups is 2. The van der Waals surface area contributed by atoms with Crippen LogP contribution in [-0.2, 0) is 9.59 Å². The zero-order valence-electron chi connectivity index (χ0n) is 11.7. The van der Waals surface area contributed by atoms with Gasteiger partial charge in [-0.3, -0.25) is 9.59 Å². The zero-order chi connectivity index (χ0) is 13.7. The highest BCUT2D eigenvalue weighted by Crippen LogP contribution is 2.18. The number of hydrogen-bond acceptors (Lipinski definition) is 3. The summed E-state index contributed by atoms with van der Waals surface area (Å²) >= 11 is 0. The number of nitrogens with one attached hydrogen (secondary N) is 3. The van der Waals surface area contributed by atoms with E-state index >= 15 is 0 Å². The van der Waals surface area contributed by atoms with Crippen molar-refractivity contribution in [1.82, 2.24) is 16.0 Å². The second kappa shape index (κ2) is 6.89. The van der Waals surface area contributed by atoms with Gasteiger partial charge in [0.25, 0.3) is 0 Å². The third-order valence-corrected chi connectivity index (χ3v) is 3.85. The summed E-state index contributed by atoms with van der Waals surface area (Å²) in [5.74, 6) is 0.336. The molecule has 19 heavy (non-hydrogen) atoms. The van der Waals surface area contributed by atoms with Crippen molar-refractivity contribution in [3.05, 3.63) is 0 Å². The standard InChI is InChI=1S/C14H25N3O2/c1-10-4-5-11(9-16-10)14(19)15-8-2-3-13(18)17-12-6-7-12/h10-12,16H,2-9H2,1H3,(H,15,19)(H,17,18). The molecule has 2 aliphatic rings. The Morgan fingerprint density at radius 3 is 2.63 bits per heavy atom. The molecule has 2 fully saturated rings. The Labute approximate surface area is 114 Å². The fourth-order valence-corrected chi connectivity index (χ4v) is 2.35. The van der Waals surface area contributed by atoms with Gasteiger partial charge in [0.2, 0.25) is 11.8 Å². The van der Waals surface area contributed by atoms with Gasteiger partial charge in [-0.15, -0.1) is 0 Å². The van der Waals surface area contributed by atoms with Crippen molar-refractivity contribution >= 4 is 11.8 Å². The molecule has 2 rings (SSSR count). The quantitative estimate of drug-likeness (QED) is 0.616. The van der Waals surface area contributed by atoms with Crippen LogP contribution in [0, 0.1) is 5.92 Å². The number of carbonyl (C=O) groups excluding carboxylic acids is 2. The van der Waals surface area contributed by atoms with Gasteiger partial charge in [-0.05, 0) is 39.0 Å². The lowest BCUT2D eigenvalue weighted by molar-refractivity contribution is -0.126. The molecule has 2 atom stereocenters. The minimum absolute atomic E-state index is 0.0940. The van der Waals surface area contributed by atoms with Crippen LogP contribution in [0.2, 0.25) is 0 Å². The Morgan fingerprint density at radius 2 is 2.00 bits per heavy atom. The topological polar surface area (TPSA) is 70.2 Å². The summed E-state index contributed by atoms with van der Waals surface area (Å²) in [6.07, 6.45) is 5.49. The summed E-state index contributed by atoms with van der Waals surface area (Å²) in [6, 6.07) is 0.951. The molecule has 108 valence electrons. The van der Waals surface area contributed by atoms with Gasteiger partial charge in [-0.2, -0.15) is 0 Å². The number of rotatable bonds is 6. The van der Waals surface area contributed by atoms with Gasteiger partial charge in [0.05, 0.1) is 5.92 Å². The molecule has 5 nitrogen and oxygen atoms in total. The van der Waals surface area contributed by atoms with E-state index in [0.29, 0.717) is 25.0 Å². The van der Waals surface area contributed by atoms with E-state index in [9.17, 15) is 9.59 Å². The summed E-state index contributed by atoms with van der Waals surface area (Å²) in [4.78, 5) is 23.3. The van der Waals surface area contributed by atoms with Crippen molar-refractivity contribution in [1.29, 1.82) is 0 Å². The highest BCUT2D eigenvalue weighted by molar-refractivity contribution is 5.79. The Hall–Kier alpha value is -1.10. The molecule has 2 unspecified atom stereocenters. The third-order valence-electron chi connectivity index (χ3n) is 3.85. The highest BCUT2D eigenvalue weighted by Gasteiger charge is 2.24. The molecule has 1 saturated carbocycles. The van der Waals surface area contributed by atoms with Gasteiger partial charge >= 0.3 is 0 Å². The summed E-state index contributed by atoms with van der Waals surface area (Å²) in [5.41, 5.74) is 0. The molecule has 3 N–H and O–H groups in total. The Kier molecular flexibility index (Phi) is 5.19.